The van der Waals surface area contributed by atoms with E-state index in [1.165, 1.54) is 11.8 Å². The van der Waals surface area contributed by atoms with Gasteiger partial charge in [-0.2, -0.15) is 0 Å². The molecule has 8 heteroatoms. The maximum absolute atomic E-state index is 10.7. The summed E-state index contributed by atoms with van der Waals surface area (Å²) < 4.78 is 1.57. The van der Waals surface area contributed by atoms with Crippen LogP contribution in [-0.4, -0.2) is 25.3 Å². The van der Waals surface area contributed by atoms with Crippen LogP contribution in [-0.2, 0) is 13.6 Å². The Morgan fingerprint density at radius 3 is 2.56 bits per heavy atom. The Hall–Kier alpha value is -2.77. The van der Waals surface area contributed by atoms with Crippen LogP contribution in [0.25, 0.3) is 10.8 Å². The Labute approximate surface area is 165 Å². The third-order valence-corrected chi connectivity index (χ3v) is 5.47. The van der Waals surface area contributed by atoms with Crippen LogP contribution >= 0.6 is 23.4 Å². The first-order valence-corrected chi connectivity index (χ1v) is 9.44. The first kappa shape index (κ1) is 17.6. The molecule has 136 valence electrons. The Bertz CT molecular complexity index is 1100. The summed E-state index contributed by atoms with van der Waals surface area (Å²) in [6.07, 6.45) is 0. The zero-order chi connectivity index (χ0) is 18.8. The normalized spacial score (nSPS) is 11.0. The Morgan fingerprint density at radius 1 is 1.11 bits per heavy atom. The minimum absolute atomic E-state index is 0.218. The number of hydrogen-bond acceptors (Lipinski definition) is 6. The largest absolute Gasteiger partial charge is 0.506 e. The van der Waals surface area contributed by atoms with Crippen molar-refractivity contribution in [2.45, 2.75) is 16.6 Å². The van der Waals surface area contributed by atoms with E-state index in [1.807, 2.05) is 54.6 Å². The van der Waals surface area contributed by atoms with Crippen LogP contribution in [0, 0.1) is 0 Å². The second-order valence-corrected chi connectivity index (χ2v) is 7.43. The number of phenols is 1. The Morgan fingerprint density at radius 2 is 1.85 bits per heavy atom. The van der Waals surface area contributed by atoms with E-state index in [0.29, 0.717) is 21.6 Å². The van der Waals surface area contributed by atoms with Gasteiger partial charge in [-0.3, -0.25) is 0 Å². The minimum atomic E-state index is 0.218. The van der Waals surface area contributed by atoms with Gasteiger partial charge in [-0.15, -0.1) is 5.10 Å². The van der Waals surface area contributed by atoms with Crippen molar-refractivity contribution in [3.8, 4) is 5.75 Å². The molecular formula is C19H16ClN5OS. The van der Waals surface area contributed by atoms with Crippen LogP contribution in [0.15, 0.2) is 64.6 Å². The summed E-state index contributed by atoms with van der Waals surface area (Å²) in [5.41, 5.74) is 2.04. The van der Waals surface area contributed by atoms with Crippen molar-refractivity contribution in [3.05, 3.63) is 65.2 Å². The predicted octanol–water partition coefficient (Wildman–Crippen LogP) is 4.49. The number of nitrogens with one attached hydrogen (secondary N) is 1. The maximum atomic E-state index is 10.7. The van der Waals surface area contributed by atoms with Crippen LogP contribution in [0.2, 0.25) is 5.02 Å². The van der Waals surface area contributed by atoms with Crippen LogP contribution in [0.5, 0.6) is 5.75 Å². The van der Waals surface area contributed by atoms with Crippen molar-refractivity contribution in [3.63, 3.8) is 0 Å². The molecule has 0 aliphatic rings. The average Bonchev–Trinajstić information content (AvgIpc) is 3.09. The lowest BCUT2D eigenvalue weighted by Gasteiger charge is -2.14. The predicted molar refractivity (Wildman–Crippen MR) is 107 cm³/mol. The summed E-state index contributed by atoms with van der Waals surface area (Å²) in [4.78, 5) is 0.685. The molecule has 0 aliphatic heterocycles. The van der Waals surface area contributed by atoms with Gasteiger partial charge in [-0.1, -0.05) is 48.0 Å². The summed E-state index contributed by atoms with van der Waals surface area (Å²) in [6.45, 7) is 0.640. The van der Waals surface area contributed by atoms with E-state index in [9.17, 15) is 5.11 Å². The molecule has 6 nitrogen and oxygen atoms in total. The Balaban J connectivity index is 1.71. The first-order valence-electron chi connectivity index (χ1n) is 8.25. The monoisotopic (exact) mass is 397 g/mol. The van der Waals surface area contributed by atoms with Gasteiger partial charge in [0.25, 0.3) is 0 Å². The van der Waals surface area contributed by atoms with E-state index in [2.05, 4.69) is 20.8 Å². The van der Waals surface area contributed by atoms with Gasteiger partial charge in [0.05, 0.1) is 4.90 Å². The van der Waals surface area contributed by atoms with Crippen molar-refractivity contribution >= 4 is 39.8 Å². The number of benzene rings is 3. The second kappa shape index (κ2) is 7.46. The lowest BCUT2D eigenvalue weighted by Crippen LogP contribution is -2.00. The number of aromatic nitrogens is 4. The van der Waals surface area contributed by atoms with E-state index in [-0.39, 0.29) is 5.75 Å². The van der Waals surface area contributed by atoms with E-state index in [4.69, 9.17) is 11.6 Å². The second-order valence-electron chi connectivity index (χ2n) is 5.98. The zero-order valence-electron chi connectivity index (χ0n) is 14.4. The molecule has 0 radical (unpaired) electrons. The summed E-state index contributed by atoms with van der Waals surface area (Å²) >= 11 is 7.28. The van der Waals surface area contributed by atoms with Crippen molar-refractivity contribution in [1.29, 1.82) is 0 Å². The third-order valence-electron chi connectivity index (χ3n) is 4.16. The number of tetrazole rings is 1. The summed E-state index contributed by atoms with van der Waals surface area (Å²) in [7, 11) is 1.76. The highest BCUT2D eigenvalue weighted by atomic mass is 35.5. The molecule has 0 saturated carbocycles. The van der Waals surface area contributed by atoms with Gasteiger partial charge in [0, 0.05) is 35.1 Å². The van der Waals surface area contributed by atoms with Crippen molar-refractivity contribution < 1.29 is 5.11 Å². The summed E-state index contributed by atoms with van der Waals surface area (Å²) in [5.74, 6) is 0.218. The molecule has 3 aromatic carbocycles. The van der Waals surface area contributed by atoms with Gasteiger partial charge >= 0.3 is 0 Å². The standard InChI is InChI=1S/C19H16ClN5OS/c1-25-19(22-23-24-25)27-17-10-16(14-4-2-3-5-15(14)18(17)26)21-11-12-6-8-13(20)9-7-12/h2-10,21,26H,11H2,1H3. The number of halogens is 1. The molecule has 4 rings (SSSR count). The van der Waals surface area contributed by atoms with E-state index >= 15 is 0 Å². The molecular weight excluding hydrogens is 382 g/mol. The third kappa shape index (κ3) is 3.70. The molecule has 0 spiro atoms. The molecule has 0 atom stereocenters. The number of rotatable bonds is 5. The zero-order valence-corrected chi connectivity index (χ0v) is 16.0. The highest BCUT2D eigenvalue weighted by molar-refractivity contribution is 7.99. The number of anilines is 1. The molecule has 27 heavy (non-hydrogen) atoms. The fourth-order valence-corrected chi connectivity index (χ4v) is 3.72. The van der Waals surface area contributed by atoms with Gasteiger partial charge < -0.3 is 10.4 Å². The van der Waals surface area contributed by atoms with E-state index < -0.39 is 0 Å². The molecule has 0 amide bonds. The van der Waals surface area contributed by atoms with Gasteiger partial charge in [-0.05, 0) is 46.0 Å². The van der Waals surface area contributed by atoms with Gasteiger partial charge in [0.15, 0.2) is 0 Å². The fourth-order valence-electron chi connectivity index (χ4n) is 2.76. The number of aromatic hydroxyl groups is 1. The van der Waals surface area contributed by atoms with Crippen LogP contribution < -0.4 is 5.32 Å². The first-order chi connectivity index (χ1) is 13.1. The number of nitrogens with zero attached hydrogens (tertiary/aromatic N) is 4. The lowest BCUT2D eigenvalue weighted by atomic mass is 10.1. The fraction of sp³-hybridized carbons (Fsp3) is 0.105. The number of phenolic OH excluding ortho intramolecular Hbond substituents is 1. The molecule has 1 heterocycles. The minimum Gasteiger partial charge on any atom is -0.506 e. The molecule has 0 saturated heterocycles. The number of hydrogen-bond donors (Lipinski definition) is 2. The lowest BCUT2D eigenvalue weighted by molar-refractivity contribution is 0.469. The van der Waals surface area contributed by atoms with Crippen LogP contribution in [0.4, 0.5) is 5.69 Å². The smallest absolute Gasteiger partial charge is 0.213 e. The van der Waals surface area contributed by atoms with E-state index in [0.717, 1.165) is 22.0 Å². The van der Waals surface area contributed by atoms with E-state index in [1.54, 1.807) is 11.7 Å². The van der Waals surface area contributed by atoms with Gasteiger partial charge in [0.2, 0.25) is 5.16 Å². The number of fused-ring (bicyclic) bond motifs is 1. The highest BCUT2D eigenvalue weighted by Gasteiger charge is 2.15. The average molecular weight is 398 g/mol. The molecule has 1 aromatic heterocycles. The molecule has 0 bridgehead atoms. The Kier molecular flexibility index (Phi) is 4.87. The van der Waals surface area contributed by atoms with Crippen molar-refractivity contribution in [2.75, 3.05) is 5.32 Å². The number of aryl methyl sites for hydroxylation is 1. The quantitative estimate of drug-likeness (QED) is 0.483. The van der Waals surface area contributed by atoms with Gasteiger partial charge in [-0.25, -0.2) is 4.68 Å². The summed E-state index contributed by atoms with van der Waals surface area (Å²) in [6, 6.07) is 17.4. The molecule has 0 unspecified atom stereocenters. The maximum Gasteiger partial charge on any atom is 0.213 e. The van der Waals surface area contributed by atoms with Crippen LogP contribution in [0.1, 0.15) is 5.56 Å². The molecule has 2 N–H and O–H groups in total. The highest BCUT2D eigenvalue weighted by Crippen LogP contribution is 2.41. The molecule has 0 fully saturated rings. The summed E-state index contributed by atoms with van der Waals surface area (Å²) in [5, 5.41) is 28.7. The van der Waals surface area contributed by atoms with Crippen molar-refractivity contribution in [2.24, 2.45) is 7.05 Å². The van der Waals surface area contributed by atoms with Crippen molar-refractivity contribution in [1.82, 2.24) is 20.2 Å². The molecule has 0 aliphatic carbocycles. The topological polar surface area (TPSA) is 75.9 Å². The van der Waals surface area contributed by atoms with Gasteiger partial charge in [0.1, 0.15) is 5.75 Å². The SMILES string of the molecule is Cn1nnnc1Sc1cc(NCc2ccc(Cl)cc2)c2ccccc2c1O. The van der Waals surface area contributed by atoms with Crippen LogP contribution in [0.3, 0.4) is 0 Å². The molecule has 4 aromatic rings.